The molecule has 0 aromatic rings. The standard InChI is InChI=1S/C14H24N4O/c1-12-4-2-6-16-13(12)14(19)18-10-8-17(9-11-18)7-3-5-15/h12-13,16H,2-4,6-11H2,1H3. The molecule has 1 N–H and O–H groups in total. The van der Waals surface area contributed by atoms with Crippen LogP contribution >= 0.6 is 0 Å². The van der Waals surface area contributed by atoms with E-state index in [1.54, 1.807) is 0 Å². The van der Waals surface area contributed by atoms with Crippen molar-refractivity contribution in [3.63, 3.8) is 0 Å². The lowest BCUT2D eigenvalue weighted by Crippen LogP contribution is -2.57. The number of rotatable bonds is 3. The van der Waals surface area contributed by atoms with Gasteiger partial charge in [-0.25, -0.2) is 0 Å². The highest BCUT2D eigenvalue weighted by molar-refractivity contribution is 5.82. The van der Waals surface area contributed by atoms with Crippen LogP contribution in [0.5, 0.6) is 0 Å². The van der Waals surface area contributed by atoms with Gasteiger partial charge in [0, 0.05) is 39.1 Å². The van der Waals surface area contributed by atoms with Crippen LogP contribution in [0.15, 0.2) is 0 Å². The molecule has 2 aliphatic heterocycles. The van der Waals surface area contributed by atoms with Gasteiger partial charge in [-0.1, -0.05) is 6.92 Å². The Morgan fingerprint density at radius 1 is 1.37 bits per heavy atom. The van der Waals surface area contributed by atoms with Crippen LogP contribution in [0.2, 0.25) is 0 Å². The molecule has 0 aromatic heterocycles. The van der Waals surface area contributed by atoms with Crippen molar-refractivity contribution in [3.05, 3.63) is 0 Å². The van der Waals surface area contributed by atoms with Crippen LogP contribution in [0.3, 0.4) is 0 Å². The Kier molecular flexibility index (Phi) is 5.17. The van der Waals surface area contributed by atoms with Gasteiger partial charge >= 0.3 is 0 Å². The number of carbonyl (C=O) groups excluding carboxylic acids is 1. The van der Waals surface area contributed by atoms with E-state index in [9.17, 15) is 4.79 Å². The first-order chi connectivity index (χ1) is 9.22. The van der Waals surface area contributed by atoms with Gasteiger partial charge in [0.15, 0.2) is 0 Å². The molecule has 2 atom stereocenters. The van der Waals surface area contributed by atoms with Gasteiger partial charge in [-0.3, -0.25) is 9.69 Å². The lowest BCUT2D eigenvalue weighted by Gasteiger charge is -2.38. The smallest absolute Gasteiger partial charge is 0.240 e. The van der Waals surface area contributed by atoms with Crippen LogP contribution in [0.4, 0.5) is 0 Å². The van der Waals surface area contributed by atoms with Crippen LogP contribution < -0.4 is 5.32 Å². The molecule has 2 unspecified atom stereocenters. The first-order valence-corrected chi connectivity index (χ1v) is 7.34. The minimum atomic E-state index is 0.0133. The molecule has 0 bridgehead atoms. The molecular formula is C14H24N4O. The van der Waals surface area contributed by atoms with Crippen LogP contribution in [0.1, 0.15) is 26.2 Å². The van der Waals surface area contributed by atoms with Gasteiger partial charge in [0.05, 0.1) is 12.1 Å². The summed E-state index contributed by atoms with van der Waals surface area (Å²) in [7, 11) is 0. The average molecular weight is 264 g/mol. The minimum absolute atomic E-state index is 0.0133. The van der Waals surface area contributed by atoms with Crippen LogP contribution in [-0.2, 0) is 4.79 Å². The Bertz CT molecular complexity index is 344. The first-order valence-electron chi connectivity index (χ1n) is 7.34. The zero-order valence-electron chi connectivity index (χ0n) is 11.8. The van der Waals surface area contributed by atoms with E-state index in [0.29, 0.717) is 12.3 Å². The van der Waals surface area contributed by atoms with Crippen molar-refractivity contribution in [2.75, 3.05) is 39.3 Å². The number of hydrogen-bond donors (Lipinski definition) is 1. The average Bonchev–Trinajstić information content (AvgIpc) is 2.45. The topological polar surface area (TPSA) is 59.4 Å². The molecule has 0 aromatic carbocycles. The van der Waals surface area contributed by atoms with Crippen molar-refractivity contribution >= 4 is 5.91 Å². The number of hydrogen-bond acceptors (Lipinski definition) is 4. The van der Waals surface area contributed by atoms with E-state index in [-0.39, 0.29) is 11.9 Å². The molecule has 106 valence electrons. The summed E-state index contributed by atoms with van der Waals surface area (Å²) in [6.07, 6.45) is 2.90. The lowest BCUT2D eigenvalue weighted by atomic mass is 9.91. The maximum atomic E-state index is 12.5. The molecule has 5 nitrogen and oxygen atoms in total. The van der Waals surface area contributed by atoms with Crippen molar-refractivity contribution in [3.8, 4) is 6.07 Å². The Morgan fingerprint density at radius 2 is 2.11 bits per heavy atom. The molecule has 2 aliphatic rings. The molecule has 2 heterocycles. The quantitative estimate of drug-likeness (QED) is 0.803. The highest BCUT2D eigenvalue weighted by Crippen LogP contribution is 2.18. The van der Waals surface area contributed by atoms with Crippen LogP contribution in [-0.4, -0.2) is 61.0 Å². The summed E-state index contributed by atoms with van der Waals surface area (Å²) in [6.45, 7) is 7.35. The predicted molar refractivity (Wildman–Crippen MR) is 73.4 cm³/mol. The van der Waals surface area contributed by atoms with E-state index in [2.05, 4.69) is 23.2 Å². The third-order valence-electron chi connectivity index (χ3n) is 4.26. The largest absolute Gasteiger partial charge is 0.339 e. The minimum Gasteiger partial charge on any atom is -0.339 e. The number of nitriles is 1. The number of carbonyl (C=O) groups is 1. The van der Waals surface area contributed by atoms with Gasteiger partial charge in [0.2, 0.25) is 5.91 Å². The number of nitrogens with one attached hydrogen (secondary N) is 1. The molecule has 19 heavy (non-hydrogen) atoms. The molecule has 0 saturated carbocycles. The third kappa shape index (κ3) is 3.68. The molecule has 2 rings (SSSR count). The number of piperidine rings is 1. The third-order valence-corrected chi connectivity index (χ3v) is 4.26. The van der Waals surface area contributed by atoms with Crippen molar-refractivity contribution in [2.45, 2.75) is 32.2 Å². The van der Waals surface area contributed by atoms with Crippen molar-refractivity contribution in [1.82, 2.24) is 15.1 Å². The monoisotopic (exact) mass is 264 g/mol. The van der Waals surface area contributed by atoms with E-state index in [0.717, 1.165) is 45.7 Å². The summed E-state index contributed by atoms with van der Waals surface area (Å²) in [5.74, 6) is 0.713. The fraction of sp³-hybridized carbons (Fsp3) is 0.857. The Balaban J connectivity index is 1.80. The Morgan fingerprint density at radius 3 is 2.74 bits per heavy atom. The van der Waals surface area contributed by atoms with E-state index >= 15 is 0 Å². The second-order valence-corrected chi connectivity index (χ2v) is 5.63. The predicted octanol–water partition coefficient (Wildman–Crippen LogP) is 0.432. The van der Waals surface area contributed by atoms with Crippen LogP contribution in [0.25, 0.3) is 0 Å². The number of amides is 1. The van der Waals surface area contributed by atoms with E-state index < -0.39 is 0 Å². The fourth-order valence-corrected chi connectivity index (χ4v) is 2.98. The van der Waals surface area contributed by atoms with Gasteiger partial charge in [-0.15, -0.1) is 0 Å². The molecule has 2 saturated heterocycles. The maximum Gasteiger partial charge on any atom is 0.240 e. The van der Waals surface area contributed by atoms with Crippen molar-refractivity contribution < 1.29 is 4.79 Å². The maximum absolute atomic E-state index is 12.5. The lowest BCUT2D eigenvalue weighted by molar-refractivity contribution is -0.137. The molecule has 0 spiro atoms. The summed E-state index contributed by atoms with van der Waals surface area (Å²) in [5.41, 5.74) is 0. The van der Waals surface area contributed by atoms with Crippen molar-refractivity contribution in [2.24, 2.45) is 5.92 Å². The van der Waals surface area contributed by atoms with Gasteiger partial charge in [-0.2, -0.15) is 5.26 Å². The van der Waals surface area contributed by atoms with Gasteiger partial charge in [0.25, 0.3) is 0 Å². The van der Waals surface area contributed by atoms with Gasteiger partial charge < -0.3 is 10.2 Å². The number of nitrogens with zero attached hydrogens (tertiary/aromatic N) is 3. The van der Waals surface area contributed by atoms with Gasteiger partial charge in [-0.05, 0) is 25.3 Å². The Labute approximate surface area is 115 Å². The molecular weight excluding hydrogens is 240 g/mol. The second-order valence-electron chi connectivity index (χ2n) is 5.63. The van der Waals surface area contributed by atoms with Crippen LogP contribution in [0, 0.1) is 17.2 Å². The molecule has 0 radical (unpaired) electrons. The Hall–Kier alpha value is -1.12. The molecule has 5 heteroatoms. The fourth-order valence-electron chi connectivity index (χ4n) is 2.98. The summed E-state index contributed by atoms with van der Waals surface area (Å²) in [4.78, 5) is 16.7. The van der Waals surface area contributed by atoms with E-state index in [1.165, 1.54) is 6.42 Å². The summed E-state index contributed by atoms with van der Waals surface area (Å²) < 4.78 is 0. The summed E-state index contributed by atoms with van der Waals surface area (Å²) in [6, 6.07) is 2.19. The molecule has 0 aliphatic carbocycles. The van der Waals surface area contributed by atoms with E-state index in [1.807, 2.05) is 4.90 Å². The zero-order valence-corrected chi connectivity index (χ0v) is 11.8. The number of piperazine rings is 1. The highest BCUT2D eigenvalue weighted by Gasteiger charge is 2.32. The van der Waals surface area contributed by atoms with Crippen molar-refractivity contribution in [1.29, 1.82) is 5.26 Å². The van der Waals surface area contributed by atoms with Gasteiger partial charge in [0.1, 0.15) is 0 Å². The van der Waals surface area contributed by atoms with E-state index in [4.69, 9.17) is 5.26 Å². The second kappa shape index (κ2) is 6.88. The first kappa shape index (κ1) is 14.3. The molecule has 1 amide bonds. The molecule has 2 fully saturated rings. The summed E-state index contributed by atoms with van der Waals surface area (Å²) >= 11 is 0. The summed E-state index contributed by atoms with van der Waals surface area (Å²) in [5, 5.41) is 12.0. The SMILES string of the molecule is CC1CCCNC1C(=O)N1CCN(CCC#N)CC1. The zero-order chi connectivity index (χ0) is 13.7. The highest BCUT2D eigenvalue weighted by atomic mass is 16.2. The normalized spacial score (nSPS) is 28.9.